The molecule has 5 nitrogen and oxygen atoms in total. The van der Waals surface area contributed by atoms with Crippen LogP contribution < -0.4 is 21.1 Å². The largest absolute Gasteiger partial charge is 0.497 e. The second-order valence-corrected chi connectivity index (χ2v) is 5.38. The molecule has 1 heterocycles. The lowest BCUT2D eigenvalue weighted by atomic mass is 9.92. The van der Waals surface area contributed by atoms with E-state index in [1.165, 1.54) is 0 Å². The number of ether oxygens (including phenoxy) is 1. The number of benzene rings is 1. The van der Waals surface area contributed by atoms with Crippen LogP contribution in [0.2, 0.25) is 0 Å². The molecule has 0 radical (unpaired) electrons. The monoisotopic (exact) mass is 277 g/mol. The van der Waals surface area contributed by atoms with Crippen molar-refractivity contribution in [3.63, 3.8) is 0 Å². The second-order valence-electron chi connectivity index (χ2n) is 5.38. The van der Waals surface area contributed by atoms with Gasteiger partial charge in [-0.2, -0.15) is 0 Å². The smallest absolute Gasteiger partial charge is 0.222 e. The van der Waals surface area contributed by atoms with Crippen molar-refractivity contribution in [2.24, 2.45) is 17.4 Å². The zero-order valence-electron chi connectivity index (χ0n) is 12.1. The minimum Gasteiger partial charge on any atom is -0.497 e. The van der Waals surface area contributed by atoms with Crippen LogP contribution in [-0.4, -0.2) is 25.6 Å². The lowest BCUT2D eigenvalue weighted by Crippen LogP contribution is -2.46. The summed E-state index contributed by atoms with van der Waals surface area (Å²) in [6, 6.07) is 6.24. The van der Waals surface area contributed by atoms with E-state index in [9.17, 15) is 4.79 Å². The van der Waals surface area contributed by atoms with Crippen molar-refractivity contribution in [3.8, 4) is 5.75 Å². The van der Waals surface area contributed by atoms with Gasteiger partial charge in [0.15, 0.2) is 0 Å². The fourth-order valence-corrected chi connectivity index (χ4v) is 2.79. The zero-order valence-corrected chi connectivity index (χ0v) is 12.1. The van der Waals surface area contributed by atoms with Gasteiger partial charge in [-0.25, -0.2) is 0 Å². The predicted molar refractivity (Wildman–Crippen MR) is 79.6 cm³/mol. The highest BCUT2D eigenvalue weighted by molar-refractivity contribution is 5.78. The third-order valence-corrected chi connectivity index (χ3v) is 4.11. The molecule has 0 saturated carbocycles. The van der Waals surface area contributed by atoms with Crippen LogP contribution in [0.4, 0.5) is 5.69 Å². The van der Waals surface area contributed by atoms with Crippen LogP contribution in [0.5, 0.6) is 5.75 Å². The van der Waals surface area contributed by atoms with Gasteiger partial charge in [0.25, 0.3) is 0 Å². The molecule has 20 heavy (non-hydrogen) atoms. The fourth-order valence-electron chi connectivity index (χ4n) is 2.79. The van der Waals surface area contributed by atoms with E-state index < -0.39 is 0 Å². The molecule has 2 atom stereocenters. The lowest BCUT2D eigenvalue weighted by Gasteiger charge is -2.39. The van der Waals surface area contributed by atoms with E-state index in [0.717, 1.165) is 29.8 Å². The average Bonchev–Trinajstić information content (AvgIpc) is 2.46. The van der Waals surface area contributed by atoms with Crippen LogP contribution in [0.1, 0.15) is 25.3 Å². The minimum atomic E-state index is -0.223. The number of nitrogens with two attached hydrogens (primary N) is 2. The predicted octanol–water partition coefficient (Wildman–Crippen LogP) is 1.24. The fraction of sp³-hybridized carbons (Fsp3) is 0.533. The number of carbonyl (C=O) groups is 1. The highest BCUT2D eigenvalue weighted by Crippen LogP contribution is 2.32. The second kappa shape index (κ2) is 6.13. The zero-order chi connectivity index (χ0) is 14.7. The molecule has 1 aliphatic rings. The first-order valence-corrected chi connectivity index (χ1v) is 6.99. The van der Waals surface area contributed by atoms with Crippen molar-refractivity contribution < 1.29 is 9.53 Å². The first kappa shape index (κ1) is 14.7. The van der Waals surface area contributed by atoms with E-state index in [2.05, 4.69) is 11.8 Å². The molecule has 1 fully saturated rings. The van der Waals surface area contributed by atoms with Crippen molar-refractivity contribution >= 4 is 11.6 Å². The maximum absolute atomic E-state index is 11.5. The van der Waals surface area contributed by atoms with Gasteiger partial charge in [-0.3, -0.25) is 4.79 Å². The number of primary amides is 1. The van der Waals surface area contributed by atoms with Gasteiger partial charge in [0.05, 0.1) is 13.0 Å². The maximum atomic E-state index is 11.5. The molecule has 0 bridgehead atoms. The third kappa shape index (κ3) is 2.88. The standard InChI is InChI=1S/C15H23N3O2/c1-10-3-4-12(15(17)19)9-18(10)14-7-13(20-2)6-5-11(14)8-16/h5-7,10,12H,3-4,8-9,16H2,1-2H3,(H2,17,19). The van der Waals surface area contributed by atoms with Gasteiger partial charge in [-0.15, -0.1) is 0 Å². The van der Waals surface area contributed by atoms with Gasteiger partial charge in [-0.05, 0) is 31.4 Å². The Balaban J connectivity index is 2.34. The van der Waals surface area contributed by atoms with Crippen LogP contribution in [0.3, 0.4) is 0 Å². The first-order chi connectivity index (χ1) is 9.56. The van der Waals surface area contributed by atoms with Crippen LogP contribution >= 0.6 is 0 Å². The van der Waals surface area contributed by atoms with E-state index in [4.69, 9.17) is 16.2 Å². The summed E-state index contributed by atoms with van der Waals surface area (Å²) in [5, 5.41) is 0. The number of amides is 1. The van der Waals surface area contributed by atoms with Gasteiger partial charge in [-0.1, -0.05) is 6.07 Å². The number of hydrogen-bond acceptors (Lipinski definition) is 4. The van der Waals surface area contributed by atoms with Crippen molar-refractivity contribution in [2.75, 3.05) is 18.6 Å². The maximum Gasteiger partial charge on any atom is 0.222 e. The molecule has 1 aromatic rings. The molecule has 0 aliphatic carbocycles. The summed E-state index contributed by atoms with van der Waals surface area (Å²) in [5.74, 6) is 0.479. The Hall–Kier alpha value is -1.75. The molecule has 2 unspecified atom stereocenters. The minimum absolute atomic E-state index is 0.0944. The Morgan fingerprint density at radius 1 is 1.45 bits per heavy atom. The van der Waals surface area contributed by atoms with E-state index in [1.807, 2.05) is 18.2 Å². The molecule has 4 N–H and O–H groups in total. The molecule has 1 amide bonds. The summed E-state index contributed by atoms with van der Waals surface area (Å²) in [6.07, 6.45) is 1.81. The van der Waals surface area contributed by atoms with Gasteiger partial charge in [0, 0.05) is 30.9 Å². The molecule has 1 saturated heterocycles. The number of methoxy groups -OCH3 is 1. The van der Waals surface area contributed by atoms with Gasteiger partial charge in [0.1, 0.15) is 5.75 Å². The number of carbonyl (C=O) groups excluding carboxylic acids is 1. The van der Waals surface area contributed by atoms with E-state index in [-0.39, 0.29) is 11.8 Å². The third-order valence-electron chi connectivity index (χ3n) is 4.11. The number of anilines is 1. The Morgan fingerprint density at radius 2 is 2.20 bits per heavy atom. The Bertz CT molecular complexity index is 490. The van der Waals surface area contributed by atoms with Crippen molar-refractivity contribution in [2.45, 2.75) is 32.4 Å². The quantitative estimate of drug-likeness (QED) is 0.867. The van der Waals surface area contributed by atoms with Crippen molar-refractivity contribution in [1.29, 1.82) is 0 Å². The molecule has 2 rings (SSSR count). The summed E-state index contributed by atoms with van der Waals surface area (Å²) in [4.78, 5) is 13.7. The van der Waals surface area contributed by atoms with Gasteiger partial charge >= 0.3 is 0 Å². The number of nitrogens with zero attached hydrogens (tertiary/aromatic N) is 1. The summed E-state index contributed by atoms with van der Waals surface area (Å²) in [5.41, 5.74) is 13.4. The number of piperidine rings is 1. The number of rotatable bonds is 4. The van der Waals surface area contributed by atoms with Gasteiger partial charge < -0.3 is 21.1 Å². The van der Waals surface area contributed by atoms with Crippen LogP contribution in [0, 0.1) is 5.92 Å². The summed E-state index contributed by atoms with van der Waals surface area (Å²) >= 11 is 0. The average molecular weight is 277 g/mol. The highest BCUT2D eigenvalue weighted by Gasteiger charge is 2.29. The SMILES string of the molecule is COc1ccc(CN)c(N2CC(C(N)=O)CCC2C)c1. The molecular weight excluding hydrogens is 254 g/mol. The van der Waals surface area contributed by atoms with Crippen molar-refractivity contribution in [1.82, 2.24) is 0 Å². The van der Waals surface area contributed by atoms with Gasteiger partial charge in [0.2, 0.25) is 5.91 Å². The Labute approximate surface area is 119 Å². The molecule has 1 aromatic carbocycles. The summed E-state index contributed by atoms with van der Waals surface area (Å²) in [6.45, 7) is 3.28. The van der Waals surface area contributed by atoms with Crippen LogP contribution in [0.15, 0.2) is 18.2 Å². The molecule has 1 aliphatic heterocycles. The summed E-state index contributed by atoms with van der Waals surface area (Å²) in [7, 11) is 1.65. The van der Waals surface area contributed by atoms with E-state index in [0.29, 0.717) is 19.1 Å². The number of hydrogen-bond donors (Lipinski definition) is 2. The Kier molecular flexibility index (Phi) is 4.49. The summed E-state index contributed by atoms with van der Waals surface area (Å²) < 4.78 is 5.30. The van der Waals surface area contributed by atoms with E-state index in [1.54, 1.807) is 7.11 Å². The molecule has 110 valence electrons. The highest BCUT2D eigenvalue weighted by atomic mass is 16.5. The molecule has 5 heteroatoms. The van der Waals surface area contributed by atoms with Crippen molar-refractivity contribution in [3.05, 3.63) is 23.8 Å². The van der Waals surface area contributed by atoms with Crippen LogP contribution in [0.25, 0.3) is 0 Å². The topological polar surface area (TPSA) is 81.6 Å². The first-order valence-electron chi connectivity index (χ1n) is 6.99. The Morgan fingerprint density at radius 3 is 2.80 bits per heavy atom. The lowest BCUT2D eigenvalue weighted by molar-refractivity contribution is -0.122. The molecule has 0 aromatic heterocycles. The molecular formula is C15H23N3O2. The van der Waals surface area contributed by atoms with E-state index >= 15 is 0 Å². The van der Waals surface area contributed by atoms with Crippen LogP contribution in [-0.2, 0) is 11.3 Å². The molecule has 0 spiro atoms. The normalized spacial score (nSPS) is 22.6.